The summed E-state index contributed by atoms with van der Waals surface area (Å²) in [5.74, 6) is -0.232. The molecule has 130 valence electrons. The molecule has 0 saturated carbocycles. The second-order valence-corrected chi connectivity index (χ2v) is 8.94. The predicted octanol–water partition coefficient (Wildman–Crippen LogP) is 2.32. The summed E-state index contributed by atoms with van der Waals surface area (Å²) in [6.07, 6.45) is 2.82. The van der Waals surface area contributed by atoms with Crippen molar-refractivity contribution in [1.82, 2.24) is 20.3 Å². The molecule has 0 spiro atoms. The maximum atomic E-state index is 12.0. The predicted molar refractivity (Wildman–Crippen MR) is 95.0 cm³/mol. The Labute approximate surface area is 153 Å². The first-order chi connectivity index (χ1) is 11.8. The molecule has 0 fully saturated rings. The van der Waals surface area contributed by atoms with E-state index in [0.717, 1.165) is 6.26 Å². The number of halogens is 1. The molecule has 3 aromatic rings. The van der Waals surface area contributed by atoms with E-state index in [2.05, 4.69) is 15.6 Å². The van der Waals surface area contributed by atoms with Crippen LogP contribution in [-0.2, 0) is 16.4 Å². The average Bonchev–Trinajstić information content (AvgIpc) is 3.21. The van der Waals surface area contributed by atoms with Gasteiger partial charge >= 0.3 is 0 Å². The number of thiophene rings is 1. The Morgan fingerprint density at radius 2 is 1.96 bits per heavy atom. The van der Waals surface area contributed by atoms with Crippen LogP contribution in [0.25, 0.3) is 5.69 Å². The van der Waals surface area contributed by atoms with Gasteiger partial charge in [0.2, 0.25) is 0 Å². The normalized spacial score (nSPS) is 11.4. The molecule has 0 aliphatic heterocycles. The standard InChI is InChI=1S/C15H13ClN4O3S2/c1-25(22,23)12-4-2-11(3-5-12)20-9-10(18-19-20)8-17-15(21)13-6-7-14(16)24-13/h2-7,9H,8H2,1H3,(H,17,21). The highest BCUT2D eigenvalue weighted by molar-refractivity contribution is 7.90. The van der Waals surface area contributed by atoms with Crippen LogP contribution in [0.2, 0.25) is 4.34 Å². The minimum atomic E-state index is -3.24. The molecule has 7 nitrogen and oxygen atoms in total. The van der Waals surface area contributed by atoms with Crippen molar-refractivity contribution in [3.05, 3.63) is 57.5 Å². The summed E-state index contributed by atoms with van der Waals surface area (Å²) in [5, 5.41) is 10.7. The van der Waals surface area contributed by atoms with Gasteiger partial charge in [-0.05, 0) is 36.4 Å². The van der Waals surface area contributed by atoms with E-state index in [1.807, 2.05) is 0 Å². The van der Waals surface area contributed by atoms with Crippen LogP contribution in [0.5, 0.6) is 0 Å². The molecule has 0 aliphatic rings. The van der Waals surface area contributed by atoms with Gasteiger partial charge in [-0.25, -0.2) is 13.1 Å². The molecule has 25 heavy (non-hydrogen) atoms. The molecule has 0 aliphatic carbocycles. The van der Waals surface area contributed by atoms with Crippen molar-refractivity contribution in [3.63, 3.8) is 0 Å². The summed E-state index contributed by atoms with van der Waals surface area (Å²) in [6, 6.07) is 9.62. The van der Waals surface area contributed by atoms with Gasteiger partial charge in [0.15, 0.2) is 9.84 Å². The Balaban J connectivity index is 1.67. The van der Waals surface area contributed by atoms with E-state index >= 15 is 0 Å². The maximum Gasteiger partial charge on any atom is 0.261 e. The first-order valence-corrected chi connectivity index (χ1v) is 10.2. The second-order valence-electron chi connectivity index (χ2n) is 5.21. The summed E-state index contributed by atoms with van der Waals surface area (Å²) in [5.41, 5.74) is 1.24. The maximum absolute atomic E-state index is 12.0. The van der Waals surface area contributed by atoms with Gasteiger partial charge in [-0.1, -0.05) is 16.8 Å². The highest BCUT2D eigenvalue weighted by Gasteiger charge is 2.11. The Morgan fingerprint density at radius 3 is 2.56 bits per heavy atom. The molecular formula is C15H13ClN4O3S2. The third-order valence-corrected chi connectivity index (χ3v) is 5.66. The van der Waals surface area contributed by atoms with Gasteiger partial charge in [0.1, 0.15) is 5.69 Å². The summed E-state index contributed by atoms with van der Waals surface area (Å²) in [6.45, 7) is 0.218. The van der Waals surface area contributed by atoms with Crippen molar-refractivity contribution in [2.45, 2.75) is 11.4 Å². The molecule has 0 bridgehead atoms. The highest BCUT2D eigenvalue weighted by Crippen LogP contribution is 2.21. The van der Waals surface area contributed by atoms with Crippen LogP contribution in [0.3, 0.4) is 0 Å². The van der Waals surface area contributed by atoms with Crippen molar-refractivity contribution in [2.24, 2.45) is 0 Å². The topological polar surface area (TPSA) is 94.0 Å². The smallest absolute Gasteiger partial charge is 0.261 e. The fourth-order valence-corrected chi connectivity index (χ4v) is 3.64. The zero-order valence-electron chi connectivity index (χ0n) is 13.0. The van der Waals surface area contributed by atoms with Gasteiger partial charge in [-0.3, -0.25) is 4.79 Å². The Hall–Kier alpha value is -2.23. The van der Waals surface area contributed by atoms with E-state index < -0.39 is 9.84 Å². The summed E-state index contributed by atoms with van der Waals surface area (Å²) in [4.78, 5) is 12.7. The van der Waals surface area contributed by atoms with E-state index in [1.54, 1.807) is 30.5 Å². The number of carbonyl (C=O) groups is 1. The van der Waals surface area contributed by atoms with Gasteiger partial charge in [0.25, 0.3) is 5.91 Å². The van der Waals surface area contributed by atoms with Crippen LogP contribution >= 0.6 is 22.9 Å². The molecule has 1 aromatic carbocycles. The van der Waals surface area contributed by atoms with E-state index in [0.29, 0.717) is 20.6 Å². The fourth-order valence-electron chi connectivity index (χ4n) is 2.05. The van der Waals surface area contributed by atoms with Crippen molar-refractivity contribution in [2.75, 3.05) is 6.26 Å². The Bertz CT molecular complexity index is 1010. The van der Waals surface area contributed by atoms with Crippen LogP contribution in [0.1, 0.15) is 15.4 Å². The Kier molecular flexibility index (Phi) is 4.89. The minimum absolute atomic E-state index is 0.218. The van der Waals surface area contributed by atoms with E-state index in [1.165, 1.54) is 28.2 Å². The first-order valence-electron chi connectivity index (χ1n) is 7.08. The van der Waals surface area contributed by atoms with Crippen molar-refractivity contribution in [3.8, 4) is 5.69 Å². The van der Waals surface area contributed by atoms with Crippen molar-refractivity contribution in [1.29, 1.82) is 0 Å². The SMILES string of the molecule is CS(=O)(=O)c1ccc(-n2cc(CNC(=O)c3ccc(Cl)s3)nn2)cc1. The third kappa shape index (κ3) is 4.25. The molecule has 2 heterocycles. The third-order valence-electron chi connectivity index (χ3n) is 3.30. The number of hydrogen-bond donors (Lipinski definition) is 1. The number of sulfone groups is 1. The lowest BCUT2D eigenvalue weighted by molar-refractivity contribution is 0.0954. The van der Waals surface area contributed by atoms with Crippen LogP contribution in [-0.4, -0.2) is 35.6 Å². The van der Waals surface area contributed by atoms with E-state index in [9.17, 15) is 13.2 Å². The molecule has 0 unspecified atom stereocenters. The minimum Gasteiger partial charge on any atom is -0.346 e. The second kappa shape index (κ2) is 6.95. The lowest BCUT2D eigenvalue weighted by Gasteiger charge is -2.02. The van der Waals surface area contributed by atoms with E-state index in [-0.39, 0.29) is 17.3 Å². The quantitative estimate of drug-likeness (QED) is 0.714. The average molecular weight is 397 g/mol. The van der Waals surface area contributed by atoms with Gasteiger partial charge in [-0.2, -0.15) is 0 Å². The molecule has 2 aromatic heterocycles. The van der Waals surface area contributed by atoms with Gasteiger partial charge in [0, 0.05) is 6.26 Å². The molecule has 0 saturated heterocycles. The fraction of sp³-hybridized carbons (Fsp3) is 0.133. The summed E-state index contributed by atoms with van der Waals surface area (Å²) < 4.78 is 25.0. The van der Waals surface area contributed by atoms with E-state index in [4.69, 9.17) is 11.6 Å². The number of benzene rings is 1. The van der Waals surface area contributed by atoms with Crippen LogP contribution in [0.15, 0.2) is 47.5 Å². The van der Waals surface area contributed by atoms with Crippen molar-refractivity contribution >= 4 is 38.7 Å². The van der Waals surface area contributed by atoms with Crippen LogP contribution in [0, 0.1) is 0 Å². The number of aromatic nitrogens is 3. The zero-order chi connectivity index (χ0) is 18.0. The van der Waals surface area contributed by atoms with Crippen LogP contribution < -0.4 is 5.32 Å². The first kappa shape index (κ1) is 17.6. The van der Waals surface area contributed by atoms with Crippen LogP contribution in [0.4, 0.5) is 0 Å². The van der Waals surface area contributed by atoms with Gasteiger partial charge in [0.05, 0.1) is 32.5 Å². The van der Waals surface area contributed by atoms with Gasteiger partial charge < -0.3 is 5.32 Å². The number of carbonyl (C=O) groups excluding carboxylic acids is 1. The van der Waals surface area contributed by atoms with Crippen molar-refractivity contribution < 1.29 is 13.2 Å². The number of amides is 1. The summed E-state index contributed by atoms with van der Waals surface area (Å²) >= 11 is 7.01. The zero-order valence-corrected chi connectivity index (χ0v) is 15.4. The molecule has 3 rings (SSSR count). The lowest BCUT2D eigenvalue weighted by Crippen LogP contribution is -2.21. The largest absolute Gasteiger partial charge is 0.346 e. The molecule has 0 radical (unpaired) electrons. The number of nitrogens with one attached hydrogen (secondary N) is 1. The Morgan fingerprint density at radius 1 is 1.24 bits per heavy atom. The highest BCUT2D eigenvalue weighted by atomic mass is 35.5. The molecular weight excluding hydrogens is 384 g/mol. The molecule has 1 amide bonds. The summed E-state index contributed by atoms with van der Waals surface area (Å²) in [7, 11) is -3.24. The number of rotatable bonds is 5. The van der Waals surface area contributed by atoms with Gasteiger partial charge in [-0.15, -0.1) is 16.4 Å². The monoisotopic (exact) mass is 396 g/mol. The number of hydrogen-bond acceptors (Lipinski definition) is 6. The number of nitrogens with zero attached hydrogens (tertiary/aromatic N) is 3. The molecule has 1 N–H and O–H groups in total. The lowest BCUT2D eigenvalue weighted by atomic mass is 10.3. The molecule has 10 heteroatoms. The molecule has 0 atom stereocenters.